The van der Waals surface area contributed by atoms with Crippen molar-refractivity contribution < 1.29 is 4.74 Å². The summed E-state index contributed by atoms with van der Waals surface area (Å²) in [6.07, 6.45) is 0. The minimum atomic E-state index is 0.768. The van der Waals surface area contributed by atoms with Gasteiger partial charge in [-0.15, -0.1) is 0 Å². The summed E-state index contributed by atoms with van der Waals surface area (Å²) in [7, 11) is 3.60. The molecule has 0 aliphatic carbocycles. The Morgan fingerprint density at radius 1 is 1.16 bits per heavy atom. The van der Waals surface area contributed by atoms with Crippen LogP contribution in [0.25, 0.3) is 11.1 Å². The fourth-order valence-electron chi connectivity index (χ4n) is 2.10. The van der Waals surface area contributed by atoms with E-state index in [0.717, 1.165) is 34.0 Å². The molecule has 2 aromatic carbocycles. The van der Waals surface area contributed by atoms with Crippen LogP contribution in [0.3, 0.4) is 0 Å². The number of hydrogen-bond acceptors (Lipinski definition) is 2. The second-order valence-corrected chi connectivity index (χ2v) is 4.95. The lowest BCUT2D eigenvalue weighted by molar-refractivity contribution is 0.416. The highest BCUT2D eigenvalue weighted by Crippen LogP contribution is 2.33. The first-order chi connectivity index (χ1) is 9.15. The summed E-state index contributed by atoms with van der Waals surface area (Å²) in [5.74, 6) is 0.864. The Kier molecular flexibility index (Phi) is 4.46. The zero-order chi connectivity index (χ0) is 13.8. The van der Waals surface area contributed by atoms with Gasteiger partial charge >= 0.3 is 0 Å². The molecule has 19 heavy (non-hydrogen) atoms. The van der Waals surface area contributed by atoms with E-state index in [1.165, 1.54) is 5.56 Å². The highest BCUT2D eigenvalue weighted by atomic mass is 35.5. The van der Waals surface area contributed by atoms with Crippen LogP contribution in [0, 0.1) is 6.92 Å². The molecule has 0 radical (unpaired) electrons. The fourth-order valence-corrected chi connectivity index (χ4v) is 2.34. The molecule has 0 saturated carbocycles. The normalized spacial score (nSPS) is 10.5. The number of halogens is 1. The molecule has 1 N–H and O–H groups in total. The predicted molar refractivity (Wildman–Crippen MR) is 80.9 cm³/mol. The second-order valence-electron chi connectivity index (χ2n) is 4.54. The molecule has 0 bridgehead atoms. The van der Waals surface area contributed by atoms with Crippen molar-refractivity contribution in [3.8, 4) is 16.9 Å². The molecule has 0 aliphatic heterocycles. The van der Waals surface area contributed by atoms with Crippen LogP contribution < -0.4 is 10.1 Å². The lowest BCUT2D eigenvalue weighted by Gasteiger charge is -2.11. The maximum Gasteiger partial charge on any atom is 0.126 e. The third-order valence-corrected chi connectivity index (χ3v) is 3.44. The van der Waals surface area contributed by atoms with E-state index in [1.807, 2.05) is 25.2 Å². The summed E-state index contributed by atoms with van der Waals surface area (Å²) < 4.78 is 5.42. The van der Waals surface area contributed by atoms with Gasteiger partial charge in [0.15, 0.2) is 0 Å². The van der Waals surface area contributed by atoms with Gasteiger partial charge in [-0.05, 0) is 43.3 Å². The van der Waals surface area contributed by atoms with Crippen molar-refractivity contribution in [3.05, 3.63) is 52.5 Å². The van der Waals surface area contributed by atoms with Crippen LogP contribution in [0.4, 0.5) is 0 Å². The minimum absolute atomic E-state index is 0.768. The van der Waals surface area contributed by atoms with E-state index in [9.17, 15) is 0 Å². The molecule has 0 aliphatic rings. The number of ether oxygens (including phenoxy) is 1. The zero-order valence-electron chi connectivity index (χ0n) is 11.5. The molecule has 2 aromatic rings. The molecule has 0 fully saturated rings. The third-order valence-electron chi connectivity index (χ3n) is 3.09. The molecule has 0 aromatic heterocycles. The summed E-state index contributed by atoms with van der Waals surface area (Å²) in [5, 5.41) is 3.88. The Labute approximate surface area is 119 Å². The minimum Gasteiger partial charge on any atom is -0.496 e. The summed E-state index contributed by atoms with van der Waals surface area (Å²) in [6, 6.07) is 12.3. The number of aryl methyl sites for hydroxylation is 1. The van der Waals surface area contributed by atoms with Gasteiger partial charge in [-0.25, -0.2) is 0 Å². The molecule has 0 heterocycles. The smallest absolute Gasteiger partial charge is 0.126 e. The molecule has 100 valence electrons. The van der Waals surface area contributed by atoms with E-state index >= 15 is 0 Å². The lowest BCUT2D eigenvalue weighted by Crippen LogP contribution is -2.05. The molecule has 2 nitrogen and oxygen atoms in total. The Morgan fingerprint density at radius 3 is 2.58 bits per heavy atom. The molecule has 2 rings (SSSR count). The van der Waals surface area contributed by atoms with E-state index < -0.39 is 0 Å². The molecular formula is C16H18ClNO. The number of methoxy groups -OCH3 is 1. The first-order valence-electron chi connectivity index (χ1n) is 6.23. The van der Waals surface area contributed by atoms with Crippen molar-refractivity contribution >= 4 is 11.6 Å². The number of rotatable bonds is 4. The summed E-state index contributed by atoms with van der Waals surface area (Å²) in [4.78, 5) is 0. The second kappa shape index (κ2) is 6.09. The molecular weight excluding hydrogens is 258 g/mol. The maximum atomic E-state index is 6.31. The van der Waals surface area contributed by atoms with Gasteiger partial charge in [0.2, 0.25) is 0 Å². The molecule has 3 heteroatoms. The van der Waals surface area contributed by atoms with E-state index in [2.05, 4.69) is 30.4 Å². The van der Waals surface area contributed by atoms with Crippen molar-refractivity contribution in [1.29, 1.82) is 0 Å². The van der Waals surface area contributed by atoms with Crippen molar-refractivity contribution in [2.45, 2.75) is 13.5 Å². The van der Waals surface area contributed by atoms with Gasteiger partial charge in [0.1, 0.15) is 5.75 Å². The van der Waals surface area contributed by atoms with Crippen molar-refractivity contribution in [2.24, 2.45) is 0 Å². The van der Waals surface area contributed by atoms with E-state index in [0.29, 0.717) is 0 Å². The van der Waals surface area contributed by atoms with E-state index in [-0.39, 0.29) is 0 Å². The van der Waals surface area contributed by atoms with Crippen LogP contribution in [0.5, 0.6) is 5.75 Å². The molecule has 0 spiro atoms. The fraction of sp³-hybridized carbons (Fsp3) is 0.250. The summed E-state index contributed by atoms with van der Waals surface area (Å²) in [6.45, 7) is 2.84. The maximum absolute atomic E-state index is 6.31. The van der Waals surface area contributed by atoms with E-state index in [1.54, 1.807) is 7.11 Å². The average molecular weight is 276 g/mol. The van der Waals surface area contributed by atoms with E-state index in [4.69, 9.17) is 16.3 Å². The Balaban J connectivity index is 2.47. The van der Waals surface area contributed by atoms with Gasteiger partial charge in [-0.1, -0.05) is 35.4 Å². The number of hydrogen-bond donors (Lipinski definition) is 1. The highest BCUT2D eigenvalue weighted by Gasteiger charge is 2.08. The van der Waals surface area contributed by atoms with Crippen molar-refractivity contribution in [3.63, 3.8) is 0 Å². The first kappa shape index (κ1) is 13.9. The standard InChI is InChI=1S/C16H18ClNO/c1-11-4-7-16(19-3)14(8-11)12-5-6-13(10-18-2)15(17)9-12/h4-9,18H,10H2,1-3H3. The van der Waals surface area contributed by atoms with Crippen molar-refractivity contribution in [2.75, 3.05) is 14.2 Å². The Morgan fingerprint density at radius 2 is 1.95 bits per heavy atom. The monoisotopic (exact) mass is 275 g/mol. The quantitative estimate of drug-likeness (QED) is 0.909. The molecule has 0 amide bonds. The summed E-state index contributed by atoms with van der Waals surface area (Å²) >= 11 is 6.31. The van der Waals surface area contributed by atoms with Gasteiger partial charge in [0.05, 0.1) is 7.11 Å². The van der Waals surface area contributed by atoms with Crippen LogP contribution in [-0.2, 0) is 6.54 Å². The largest absolute Gasteiger partial charge is 0.496 e. The van der Waals surface area contributed by atoms with Gasteiger partial charge in [-0.2, -0.15) is 0 Å². The Hall–Kier alpha value is -1.51. The van der Waals surface area contributed by atoms with Gasteiger partial charge in [0, 0.05) is 17.1 Å². The van der Waals surface area contributed by atoms with Crippen molar-refractivity contribution in [1.82, 2.24) is 5.32 Å². The zero-order valence-corrected chi connectivity index (χ0v) is 12.2. The average Bonchev–Trinajstić information content (AvgIpc) is 2.41. The molecule has 0 unspecified atom stereocenters. The lowest BCUT2D eigenvalue weighted by atomic mass is 10.0. The van der Waals surface area contributed by atoms with Gasteiger partial charge < -0.3 is 10.1 Å². The first-order valence-corrected chi connectivity index (χ1v) is 6.61. The van der Waals surface area contributed by atoms with Crippen LogP contribution in [0.2, 0.25) is 5.02 Å². The predicted octanol–water partition coefficient (Wildman–Crippen LogP) is 4.04. The summed E-state index contributed by atoms with van der Waals surface area (Å²) in [5.41, 5.74) is 4.44. The topological polar surface area (TPSA) is 21.3 Å². The highest BCUT2D eigenvalue weighted by molar-refractivity contribution is 6.31. The number of benzene rings is 2. The van der Waals surface area contributed by atoms with Crippen LogP contribution in [-0.4, -0.2) is 14.2 Å². The number of nitrogens with one attached hydrogen (secondary N) is 1. The molecule has 0 saturated heterocycles. The van der Waals surface area contributed by atoms with Gasteiger partial charge in [0.25, 0.3) is 0 Å². The van der Waals surface area contributed by atoms with Crippen LogP contribution in [0.1, 0.15) is 11.1 Å². The van der Waals surface area contributed by atoms with Crippen LogP contribution >= 0.6 is 11.6 Å². The SMILES string of the molecule is CNCc1ccc(-c2cc(C)ccc2OC)cc1Cl. The van der Waals surface area contributed by atoms with Gasteiger partial charge in [-0.3, -0.25) is 0 Å². The Bertz CT molecular complexity index is 581. The molecule has 0 atom stereocenters. The third kappa shape index (κ3) is 3.09. The van der Waals surface area contributed by atoms with Crippen LogP contribution in [0.15, 0.2) is 36.4 Å².